The third-order valence-corrected chi connectivity index (χ3v) is 16.9. The Morgan fingerprint density at radius 2 is 0.644 bits per heavy atom. The van der Waals surface area contributed by atoms with E-state index in [2.05, 4.69) is 231 Å². The lowest BCUT2D eigenvalue weighted by Gasteiger charge is -2.44. The first-order valence-electron chi connectivity index (χ1n) is 25.2. The number of rotatable bonds is 2. The van der Waals surface area contributed by atoms with Gasteiger partial charge >= 0.3 is 0 Å². The van der Waals surface area contributed by atoms with E-state index in [-0.39, 0.29) is 6.71 Å². The second-order valence-corrected chi connectivity index (χ2v) is 20.3. The summed E-state index contributed by atoms with van der Waals surface area (Å²) in [6.45, 7) is -0.133. The molecule has 2 aliphatic heterocycles. The maximum absolute atomic E-state index is 6.68. The Balaban J connectivity index is 1.01. The Kier molecular flexibility index (Phi) is 6.51. The zero-order valence-corrected chi connectivity index (χ0v) is 38.9. The molecular formula is C66H35BN4O2. The molecule has 0 radical (unpaired) electrons. The predicted octanol–water partition coefficient (Wildman–Crippen LogP) is 15.9. The first kappa shape index (κ1) is 37.2. The van der Waals surface area contributed by atoms with Crippen LogP contribution in [0.5, 0.6) is 0 Å². The van der Waals surface area contributed by atoms with Crippen LogP contribution in [0, 0.1) is 0 Å². The van der Waals surface area contributed by atoms with Crippen LogP contribution >= 0.6 is 0 Å². The molecule has 6 nitrogen and oxygen atoms in total. The maximum atomic E-state index is 6.68. The lowest BCUT2D eigenvalue weighted by molar-refractivity contribution is 0.668. The Morgan fingerprint density at radius 3 is 1.14 bits per heavy atom. The SMILES string of the molecule is c1cc2c3c(c1)N(c1cccc4oc5ccccc5c14)c1cc4c(cc1B3c1cc3c5cccc6c7ccccc7n(c3cc1N2c1cccc2oc3ccccc3c12)c65)c1cccc2c3ccccc3n4c21. The van der Waals surface area contributed by atoms with Gasteiger partial charge in [-0.15, -0.1) is 0 Å². The molecule has 2 aliphatic rings. The molecule has 0 fully saturated rings. The van der Waals surface area contributed by atoms with Crippen LogP contribution < -0.4 is 26.2 Å². The minimum atomic E-state index is -0.133. The van der Waals surface area contributed by atoms with Crippen LogP contribution in [0.15, 0.2) is 221 Å². The smallest absolute Gasteiger partial charge is 0.252 e. The Labute approximate surface area is 415 Å². The molecule has 0 amide bonds. The van der Waals surface area contributed by atoms with Crippen LogP contribution in [0.4, 0.5) is 34.1 Å². The van der Waals surface area contributed by atoms with Crippen molar-refractivity contribution in [1.82, 2.24) is 8.80 Å². The van der Waals surface area contributed by atoms with E-state index in [1.54, 1.807) is 0 Å². The fourth-order valence-electron chi connectivity index (χ4n) is 14.2. The summed E-state index contributed by atoms with van der Waals surface area (Å²) in [5.74, 6) is 0. The van der Waals surface area contributed by atoms with Crippen molar-refractivity contribution in [3.63, 3.8) is 0 Å². The van der Waals surface area contributed by atoms with Gasteiger partial charge in [-0.1, -0.05) is 140 Å². The van der Waals surface area contributed by atoms with Gasteiger partial charge in [0.15, 0.2) is 0 Å². The number of hydrogen-bond donors (Lipinski definition) is 0. The Hall–Kier alpha value is -9.72. The van der Waals surface area contributed by atoms with E-state index in [0.29, 0.717) is 0 Å². The van der Waals surface area contributed by atoms with E-state index in [1.165, 1.54) is 92.6 Å². The van der Waals surface area contributed by atoms with Crippen molar-refractivity contribution in [3.05, 3.63) is 212 Å². The molecule has 0 unspecified atom stereocenters. The van der Waals surface area contributed by atoms with E-state index in [9.17, 15) is 0 Å². The van der Waals surface area contributed by atoms with E-state index in [0.717, 1.165) is 78.0 Å². The summed E-state index contributed by atoms with van der Waals surface area (Å²) in [5.41, 5.74) is 21.4. The number of nitrogens with zero attached hydrogens (tertiary/aromatic N) is 4. The molecule has 73 heavy (non-hydrogen) atoms. The third kappa shape index (κ3) is 4.34. The monoisotopic (exact) mass is 926 g/mol. The molecule has 6 aromatic heterocycles. The topological polar surface area (TPSA) is 41.6 Å². The molecule has 0 N–H and O–H groups in total. The molecule has 0 saturated heterocycles. The number of para-hydroxylation sites is 6. The van der Waals surface area contributed by atoms with Crippen molar-refractivity contribution in [2.24, 2.45) is 0 Å². The first-order valence-corrected chi connectivity index (χ1v) is 25.2. The molecule has 0 aliphatic carbocycles. The van der Waals surface area contributed by atoms with E-state index < -0.39 is 0 Å². The molecule has 0 atom stereocenters. The highest BCUT2D eigenvalue weighted by molar-refractivity contribution is 7.00. The molecule has 11 aromatic carbocycles. The largest absolute Gasteiger partial charge is 0.456 e. The number of aromatic nitrogens is 2. The highest BCUT2D eigenvalue weighted by Crippen LogP contribution is 2.52. The van der Waals surface area contributed by atoms with Crippen molar-refractivity contribution in [2.75, 3.05) is 9.80 Å². The lowest BCUT2D eigenvalue weighted by atomic mass is 9.33. The predicted molar refractivity (Wildman–Crippen MR) is 304 cm³/mol. The van der Waals surface area contributed by atoms with E-state index in [1.807, 2.05) is 0 Å². The fourth-order valence-corrected chi connectivity index (χ4v) is 14.2. The van der Waals surface area contributed by atoms with Crippen LogP contribution in [0.1, 0.15) is 0 Å². The summed E-state index contributed by atoms with van der Waals surface area (Å²) in [4.78, 5) is 5.12. The van der Waals surface area contributed by atoms with E-state index >= 15 is 0 Å². The van der Waals surface area contributed by atoms with Crippen LogP contribution in [-0.2, 0) is 0 Å². The molecule has 0 saturated carbocycles. The minimum absolute atomic E-state index is 0.133. The molecular weight excluding hydrogens is 892 g/mol. The number of fused-ring (bicyclic) bond motifs is 22. The summed E-state index contributed by atoms with van der Waals surface area (Å²) in [5, 5.41) is 14.5. The van der Waals surface area contributed by atoms with Crippen molar-refractivity contribution in [2.45, 2.75) is 0 Å². The third-order valence-electron chi connectivity index (χ3n) is 16.9. The second-order valence-electron chi connectivity index (χ2n) is 20.3. The van der Waals surface area contributed by atoms with Gasteiger partial charge < -0.3 is 27.4 Å². The highest BCUT2D eigenvalue weighted by Gasteiger charge is 2.45. The summed E-state index contributed by atoms with van der Waals surface area (Å²) in [7, 11) is 0. The second kappa shape index (κ2) is 12.8. The van der Waals surface area contributed by atoms with Crippen LogP contribution in [0.2, 0.25) is 0 Å². The number of benzene rings is 11. The average molecular weight is 927 g/mol. The van der Waals surface area contributed by atoms with Crippen LogP contribution in [0.3, 0.4) is 0 Å². The average Bonchev–Trinajstić information content (AvgIpc) is 4.34. The zero-order valence-electron chi connectivity index (χ0n) is 38.9. The Morgan fingerprint density at radius 1 is 0.274 bits per heavy atom. The number of anilines is 6. The molecule has 17 aromatic rings. The first-order chi connectivity index (χ1) is 36.2. The molecule has 8 heterocycles. The van der Waals surface area contributed by atoms with Gasteiger partial charge in [0.2, 0.25) is 0 Å². The van der Waals surface area contributed by atoms with Gasteiger partial charge in [-0.2, -0.15) is 0 Å². The van der Waals surface area contributed by atoms with Crippen molar-refractivity contribution >= 4 is 177 Å². The van der Waals surface area contributed by atoms with Gasteiger partial charge in [0.1, 0.15) is 22.3 Å². The van der Waals surface area contributed by atoms with Crippen LogP contribution in [-0.4, -0.2) is 15.5 Å². The summed E-state index contributed by atoms with van der Waals surface area (Å²) in [6.07, 6.45) is 0. The summed E-state index contributed by atoms with van der Waals surface area (Å²) >= 11 is 0. The molecule has 0 spiro atoms. The minimum Gasteiger partial charge on any atom is -0.456 e. The number of furan rings is 2. The fraction of sp³-hybridized carbons (Fsp3) is 0. The van der Waals surface area contributed by atoms with Gasteiger partial charge in [0.05, 0.1) is 55.2 Å². The lowest BCUT2D eigenvalue weighted by Crippen LogP contribution is -2.61. The molecule has 19 rings (SSSR count). The highest BCUT2D eigenvalue weighted by atomic mass is 16.3. The summed E-state index contributed by atoms with van der Waals surface area (Å²) in [6, 6.07) is 78.6. The normalized spacial score (nSPS) is 13.7. The van der Waals surface area contributed by atoms with Crippen molar-refractivity contribution in [3.8, 4) is 0 Å². The quantitative estimate of drug-likeness (QED) is 0.162. The standard InChI is InChI=1S/C66H35BN4O2/c1-5-22-48-36(14-1)38-18-9-20-40-44-32-46-56(34-54(44)70(48)65(38)40)68(50-24-12-30-60-62(50)42-16-3-7-28-58(42)72-60)52-26-11-27-53-64(52)67(46)47-33-45-41-21-10-19-39-37-15-2-6-23-49(37)71(66(39)41)55(45)35-57(47)69(53)51-25-13-31-61-63(51)43-17-4-8-29-59(43)73-61/h1-35H. The molecule has 334 valence electrons. The van der Waals surface area contributed by atoms with Crippen LogP contribution in [0.25, 0.3) is 120 Å². The molecule has 0 bridgehead atoms. The van der Waals surface area contributed by atoms with E-state index in [4.69, 9.17) is 8.83 Å². The maximum Gasteiger partial charge on any atom is 0.252 e. The summed E-state index contributed by atoms with van der Waals surface area (Å²) < 4.78 is 18.4. The van der Waals surface area contributed by atoms with Crippen molar-refractivity contribution < 1.29 is 8.83 Å². The van der Waals surface area contributed by atoms with Gasteiger partial charge in [0, 0.05) is 76.6 Å². The van der Waals surface area contributed by atoms with Gasteiger partial charge in [-0.05, 0) is 89.2 Å². The zero-order chi connectivity index (χ0) is 46.9. The van der Waals surface area contributed by atoms with Gasteiger partial charge in [-0.25, -0.2) is 0 Å². The number of hydrogen-bond acceptors (Lipinski definition) is 4. The van der Waals surface area contributed by atoms with Crippen molar-refractivity contribution in [1.29, 1.82) is 0 Å². The van der Waals surface area contributed by atoms with Gasteiger partial charge in [-0.3, -0.25) is 0 Å². The van der Waals surface area contributed by atoms with Gasteiger partial charge in [0.25, 0.3) is 6.71 Å². The Bertz CT molecular complexity index is 5000. The molecule has 7 heteroatoms.